The van der Waals surface area contributed by atoms with Crippen LogP contribution in [0.25, 0.3) is 0 Å². The van der Waals surface area contributed by atoms with Crippen molar-refractivity contribution in [3.05, 3.63) is 59.1 Å². The second kappa shape index (κ2) is 5.76. The Morgan fingerprint density at radius 2 is 1.89 bits per heavy atom. The first-order valence-corrected chi connectivity index (χ1v) is 6.30. The molecular weight excluding hydrogens is 260 g/mol. The molecule has 2 aromatic rings. The maximum absolute atomic E-state index is 12.2. The van der Waals surface area contributed by atoms with Gasteiger partial charge < -0.3 is 10.6 Å². The topological polar surface area (TPSA) is 46.3 Å². The van der Waals surface area contributed by atoms with Crippen molar-refractivity contribution in [2.24, 2.45) is 0 Å². The number of hydrogen-bond donors (Lipinski definition) is 1. The fraction of sp³-hybridized carbons (Fsp3) is 0.133. The lowest BCUT2D eigenvalue weighted by atomic mass is 10.1. The molecule has 0 aliphatic carbocycles. The molecule has 3 nitrogen and oxygen atoms in total. The molecule has 1 amide bonds. The Morgan fingerprint density at radius 3 is 2.53 bits per heavy atom. The minimum atomic E-state index is 0.00734. The van der Waals surface area contributed by atoms with E-state index < -0.39 is 0 Å². The summed E-state index contributed by atoms with van der Waals surface area (Å²) in [4.78, 5) is 13.8. The zero-order chi connectivity index (χ0) is 13.8. The number of benzene rings is 2. The van der Waals surface area contributed by atoms with Crippen molar-refractivity contribution >= 4 is 28.9 Å². The van der Waals surface area contributed by atoms with Gasteiger partial charge in [-0.25, -0.2) is 0 Å². The highest BCUT2D eigenvalue weighted by atomic mass is 35.5. The highest BCUT2D eigenvalue weighted by molar-refractivity contribution is 6.30. The van der Waals surface area contributed by atoms with Crippen LogP contribution in [0.2, 0.25) is 5.02 Å². The predicted molar refractivity (Wildman–Crippen MR) is 79.4 cm³/mol. The second-order valence-corrected chi connectivity index (χ2v) is 4.79. The third-order valence-electron chi connectivity index (χ3n) is 2.90. The van der Waals surface area contributed by atoms with Gasteiger partial charge in [0.15, 0.2) is 0 Å². The fourth-order valence-corrected chi connectivity index (χ4v) is 1.90. The standard InChI is InChI=1S/C15H15ClN2O/c1-18(14-4-2-3-13(17)10-14)15(19)9-11-5-7-12(16)8-6-11/h2-8,10H,9,17H2,1H3. The molecule has 0 spiro atoms. The van der Waals surface area contributed by atoms with Crippen LogP contribution in [0.15, 0.2) is 48.5 Å². The molecule has 0 aliphatic heterocycles. The Hall–Kier alpha value is -2.00. The lowest BCUT2D eigenvalue weighted by Crippen LogP contribution is -2.27. The first kappa shape index (κ1) is 13.4. The lowest BCUT2D eigenvalue weighted by Gasteiger charge is -2.17. The largest absolute Gasteiger partial charge is 0.399 e. The minimum absolute atomic E-state index is 0.00734. The summed E-state index contributed by atoms with van der Waals surface area (Å²) >= 11 is 5.81. The first-order valence-electron chi connectivity index (χ1n) is 5.93. The van der Waals surface area contributed by atoms with Crippen LogP contribution in [0.1, 0.15) is 5.56 Å². The number of halogens is 1. The summed E-state index contributed by atoms with van der Waals surface area (Å²) in [5.41, 5.74) is 8.08. The van der Waals surface area contributed by atoms with E-state index in [4.69, 9.17) is 17.3 Å². The average Bonchev–Trinajstić information content (AvgIpc) is 2.40. The van der Waals surface area contributed by atoms with Crippen LogP contribution in [0.3, 0.4) is 0 Å². The van der Waals surface area contributed by atoms with Crippen LogP contribution in [0, 0.1) is 0 Å². The van der Waals surface area contributed by atoms with Crippen molar-refractivity contribution in [3.63, 3.8) is 0 Å². The van der Waals surface area contributed by atoms with Gasteiger partial charge in [0.2, 0.25) is 5.91 Å². The molecule has 98 valence electrons. The van der Waals surface area contributed by atoms with Gasteiger partial charge in [0.05, 0.1) is 6.42 Å². The average molecular weight is 275 g/mol. The Morgan fingerprint density at radius 1 is 1.21 bits per heavy atom. The SMILES string of the molecule is CN(C(=O)Cc1ccc(Cl)cc1)c1cccc(N)c1. The molecule has 4 heteroatoms. The third-order valence-corrected chi connectivity index (χ3v) is 3.15. The number of amides is 1. The number of nitrogens with two attached hydrogens (primary N) is 1. The van der Waals surface area contributed by atoms with Gasteiger partial charge >= 0.3 is 0 Å². The van der Waals surface area contributed by atoms with Crippen molar-refractivity contribution in [1.29, 1.82) is 0 Å². The molecule has 2 N–H and O–H groups in total. The van der Waals surface area contributed by atoms with Crippen LogP contribution in [-0.2, 0) is 11.2 Å². The van der Waals surface area contributed by atoms with Gasteiger partial charge in [-0.05, 0) is 35.9 Å². The quantitative estimate of drug-likeness (QED) is 0.874. The van der Waals surface area contributed by atoms with E-state index in [-0.39, 0.29) is 5.91 Å². The molecule has 0 unspecified atom stereocenters. The van der Waals surface area contributed by atoms with Crippen molar-refractivity contribution in [3.8, 4) is 0 Å². The summed E-state index contributed by atoms with van der Waals surface area (Å²) in [6.07, 6.45) is 0.336. The van der Waals surface area contributed by atoms with Crippen molar-refractivity contribution in [2.75, 3.05) is 17.7 Å². The van der Waals surface area contributed by atoms with Crippen LogP contribution in [0.5, 0.6) is 0 Å². The molecule has 0 heterocycles. The Kier molecular flexibility index (Phi) is 4.07. The van der Waals surface area contributed by atoms with Gasteiger partial charge in [-0.15, -0.1) is 0 Å². The monoisotopic (exact) mass is 274 g/mol. The van der Waals surface area contributed by atoms with Gasteiger partial charge in [0.25, 0.3) is 0 Å². The smallest absolute Gasteiger partial charge is 0.231 e. The summed E-state index contributed by atoms with van der Waals surface area (Å²) in [6, 6.07) is 14.5. The number of hydrogen-bond acceptors (Lipinski definition) is 2. The number of carbonyl (C=O) groups is 1. The maximum atomic E-state index is 12.2. The predicted octanol–water partition coefficient (Wildman–Crippen LogP) is 3.13. The van der Waals surface area contributed by atoms with Crippen LogP contribution < -0.4 is 10.6 Å². The van der Waals surface area contributed by atoms with Crippen LogP contribution in [0.4, 0.5) is 11.4 Å². The number of likely N-dealkylation sites (N-methyl/N-ethyl adjacent to an activating group) is 1. The number of nitrogens with zero attached hydrogens (tertiary/aromatic N) is 1. The van der Waals surface area contributed by atoms with Crippen LogP contribution in [-0.4, -0.2) is 13.0 Å². The number of carbonyl (C=O) groups excluding carboxylic acids is 1. The summed E-state index contributed by atoms with van der Waals surface area (Å²) < 4.78 is 0. The summed E-state index contributed by atoms with van der Waals surface area (Å²) in [5.74, 6) is 0.00734. The number of nitrogen functional groups attached to an aromatic ring is 1. The Bertz CT molecular complexity index is 581. The highest BCUT2D eigenvalue weighted by Gasteiger charge is 2.11. The Balaban J connectivity index is 2.09. The molecule has 0 radical (unpaired) electrons. The highest BCUT2D eigenvalue weighted by Crippen LogP contribution is 2.17. The van der Waals surface area contributed by atoms with E-state index in [1.165, 1.54) is 0 Å². The van der Waals surface area contributed by atoms with Gasteiger partial charge in [0, 0.05) is 23.4 Å². The van der Waals surface area contributed by atoms with Gasteiger partial charge in [-0.1, -0.05) is 29.8 Å². The van der Waals surface area contributed by atoms with Crippen molar-refractivity contribution < 1.29 is 4.79 Å². The molecule has 0 saturated carbocycles. The van der Waals surface area contributed by atoms with E-state index in [1.54, 1.807) is 36.2 Å². The van der Waals surface area contributed by atoms with Gasteiger partial charge in [-0.3, -0.25) is 4.79 Å². The minimum Gasteiger partial charge on any atom is -0.399 e. The zero-order valence-corrected chi connectivity index (χ0v) is 11.4. The van der Waals surface area contributed by atoms with Crippen molar-refractivity contribution in [2.45, 2.75) is 6.42 Å². The summed E-state index contributed by atoms with van der Waals surface area (Å²) in [6.45, 7) is 0. The molecule has 0 atom stereocenters. The van der Waals surface area contributed by atoms with Gasteiger partial charge in [-0.2, -0.15) is 0 Å². The number of rotatable bonds is 3. The normalized spacial score (nSPS) is 10.2. The molecule has 2 aromatic carbocycles. The molecule has 0 fully saturated rings. The van der Waals surface area contributed by atoms with E-state index in [0.29, 0.717) is 17.1 Å². The van der Waals surface area contributed by atoms with Crippen molar-refractivity contribution in [1.82, 2.24) is 0 Å². The maximum Gasteiger partial charge on any atom is 0.231 e. The van der Waals surface area contributed by atoms with Gasteiger partial charge in [0.1, 0.15) is 0 Å². The molecule has 2 rings (SSSR count). The molecule has 19 heavy (non-hydrogen) atoms. The van der Waals surface area contributed by atoms with Crippen LogP contribution >= 0.6 is 11.6 Å². The molecule has 0 bridgehead atoms. The zero-order valence-electron chi connectivity index (χ0n) is 10.6. The summed E-state index contributed by atoms with van der Waals surface area (Å²) in [5, 5.41) is 0.667. The van der Waals surface area contributed by atoms with E-state index in [9.17, 15) is 4.79 Å². The molecule has 0 aromatic heterocycles. The fourth-order valence-electron chi connectivity index (χ4n) is 1.77. The first-order chi connectivity index (χ1) is 9.06. The summed E-state index contributed by atoms with van der Waals surface area (Å²) in [7, 11) is 1.74. The lowest BCUT2D eigenvalue weighted by molar-refractivity contribution is -0.117. The van der Waals surface area contributed by atoms with E-state index in [2.05, 4.69) is 0 Å². The van der Waals surface area contributed by atoms with E-state index >= 15 is 0 Å². The second-order valence-electron chi connectivity index (χ2n) is 4.35. The third kappa shape index (κ3) is 3.48. The molecule has 0 aliphatic rings. The number of anilines is 2. The molecule has 0 saturated heterocycles. The van der Waals surface area contributed by atoms with E-state index in [1.807, 2.05) is 24.3 Å². The molecular formula is C15H15ClN2O. The van der Waals surface area contributed by atoms with E-state index in [0.717, 1.165) is 11.3 Å². The Labute approximate surface area is 117 Å².